The van der Waals surface area contributed by atoms with Crippen LogP contribution in [0.25, 0.3) is 0 Å². The summed E-state index contributed by atoms with van der Waals surface area (Å²) in [6, 6.07) is -1.14. The van der Waals surface area contributed by atoms with Gasteiger partial charge in [-0.3, -0.25) is 0 Å². The van der Waals surface area contributed by atoms with Crippen molar-refractivity contribution in [3.05, 3.63) is 0 Å². The average molecular weight is 314 g/mol. The van der Waals surface area contributed by atoms with Crippen LogP contribution in [0, 0.1) is 0 Å². The lowest BCUT2D eigenvalue weighted by Gasteiger charge is -2.23. The number of hydrogen-bond donors (Lipinski definition) is 1. The minimum atomic E-state index is -1.14. The molecule has 19 heavy (non-hydrogen) atoms. The summed E-state index contributed by atoms with van der Waals surface area (Å²) in [6.45, 7) is 7.36. The highest BCUT2D eigenvalue weighted by atomic mass is 35.5. The number of hydrogen-bond acceptors (Lipinski definition) is 4. The number of esters is 1. The van der Waals surface area contributed by atoms with E-state index in [9.17, 15) is 9.59 Å². The molecule has 1 N–H and O–H groups in total. The van der Waals surface area contributed by atoms with Crippen molar-refractivity contribution < 1.29 is 19.1 Å². The van der Waals surface area contributed by atoms with Crippen molar-refractivity contribution in [3.8, 4) is 0 Å². The van der Waals surface area contributed by atoms with E-state index in [4.69, 9.17) is 32.7 Å². The van der Waals surface area contributed by atoms with Crippen LogP contribution in [-0.2, 0) is 14.3 Å². The fourth-order valence-electron chi connectivity index (χ4n) is 1.07. The van der Waals surface area contributed by atoms with Crippen LogP contribution in [0.4, 0.5) is 4.79 Å². The first kappa shape index (κ1) is 18.3. The molecule has 0 aliphatic carbocycles. The number of alkyl carbamates (subject to hydrolysis) is 1. The molecule has 0 fully saturated rings. The Hall–Kier alpha value is -0.680. The predicted molar refractivity (Wildman–Crippen MR) is 74.5 cm³/mol. The van der Waals surface area contributed by atoms with Gasteiger partial charge in [-0.1, -0.05) is 13.3 Å². The van der Waals surface area contributed by atoms with Crippen LogP contribution >= 0.6 is 23.2 Å². The van der Waals surface area contributed by atoms with Crippen molar-refractivity contribution >= 4 is 35.3 Å². The lowest BCUT2D eigenvalue weighted by Crippen LogP contribution is -2.47. The molecule has 0 aliphatic rings. The van der Waals surface area contributed by atoms with Crippen molar-refractivity contribution in [3.63, 3.8) is 0 Å². The molecule has 0 saturated carbocycles. The van der Waals surface area contributed by atoms with E-state index in [1.807, 2.05) is 6.92 Å². The van der Waals surface area contributed by atoms with E-state index < -0.39 is 28.5 Å². The van der Waals surface area contributed by atoms with E-state index in [-0.39, 0.29) is 6.61 Å². The second-order valence-corrected chi connectivity index (χ2v) is 6.14. The van der Waals surface area contributed by atoms with E-state index in [0.717, 1.165) is 12.8 Å². The maximum atomic E-state index is 11.7. The molecule has 0 aliphatic heterocycles. The number of amides is 1. The number of unbranched alkanes of at least 4 members (excludes halogenated alkanes) is 1. The van der Waals surface area contributed by atoms with Gasteiger partial charge in [0.1, 0.15) is 10.4 Å². The summed E-state index contributed by atoms with van der Waals surface area (Å²) in [7, 11) is 0. The molecule has 0 aromatic heterocycles. The molecule has 0 saturated heterocycles. The van der Waals surface area contributed by atoms with E-state index in [1.165, 1.54) is 0 Å². The maximum absolute atomic E-state index is 11.7. The molecule has 1 unspecified atom stereocenters. The van der Waals surface area contributed by atoms with Gasteiger partial charge in [-0.15, -0.1) is 23.2 Å². The molecule has 5 nitrogen and oxygen atoms in total. The number of halogens is 2. The Morgan fingerprint density at radius 3 is 2.26 bits per heavy atom. The summed E-state index contributed by atoms with van der Waals surface area (Å²) in [5.74, 6) is -0.672. The third kappa shape index (κ3) is 8.94. The minimum absolute atomic E-state index is 0.266. The first-order valence-electron chi connectivity index (χ1n) is 6.11. The summed E-state index contributed by atoms with van der Waals surface area (Å²) in [6.07, 6.45) is 0.860. The quantitative estimate of drug-likeness (QED) is 0.465. The van der Waals surface area contributed by atoms with E-state index >= 15 is 0 Å². The summed E-state index contributed by atoms with van der Waals surface area (Å²) in [5.41, 5.74) is -0.672. The number of nitrogens with one attached hydrogen (secondary N) is 1. The second kappa shape index (κ2) is 8.48. The van der Waals surface area contributed by atoms with Crippen molar-refractivity contribution in [1.29, 1.82) is 0 Å². The number of alkyl halides is 2. The Morgan fingerprint density at radius 1 is 1.26 bits per heavy atom. The molecule has 0 rings (SSSR count). The number of rotatable bonds is 6. The first-order chi connectivity index (χ1) is 8.67. The van der Waals surface area contributed by atoms with Gasteiger partial charge in [0.05, 0.1) is 6.61 Å². The Bertz CT molecular complexity index is 303. The van der Waals surface area contributed by atoms with Crippen LogP contribution in [0.3, 0.4) is 0 Å². The van der Waals surface area contributed by atoms with Gasteiger partial charge in [0, 0.05) is 0 Å². The maximum Gasteiger partial charge on any atom is 0.408 e. The fraction of sp³-hybridized carbons (Fsp3) is 0.833. The van der Waals surface area contributed by atoms with Gasteiger partial charge in [-0.25, -0.2) is 9.59 Å². The van der Waals surface area contributed by atoms with Gasteiger partial charge in [0.25, 0.3) is 0 Å². The molecule has 112 valence electrons. The lowest BCUT2D eigenvalue weighted by atomic mass is 10.2. The third-order valence-electron chi connectivity index (χ3n) is 1.92. The molecular weight excluding hydrogens is 293 g/mol. The SMILES string of the molecule is CCCCOC(=O)C(NC(=O)OC(C)(C)C)C(Cl)Cl. The van der Waals surface area contributed by atoms with Gasteiger partial charge < -0.3 is 14.8 Å². The molecule has 1 amide bonds. The molecule has 7 heteroatoms. The summed E-state index contributed by atoms with van der Waals surface area (Å²) >= 11 is 11.3. The smallest absolute Gasteiger partial charge is 0.408 e. The molecule has 1 atom stereocenters. The van der Waals surface area contributed by atoms with E-state index in [0.29, 0.717) is 0 Å². The average Bonchev–Trinajstić information content (AvgIpc) is 2.23. The predicted octanol–water partition coefficient (Wildman–Crippen LogP) is 3.03. The summed E-state index contributed by atoms with van der Waals surface area (Å²) in [4.78, 5) is 22.1. The highest BCUT2D eigenvalue weighted by molar-refractivity contribution is 6.46. The van der Waals surface area contributed by atoms with E-state index in [2.05, 4.69) is 5.32 Å². The molecule has 0 bridgehead atoms. The van der Waals surface area contributed by atoms with Gasteiger partial charge in [-0.05, 0) is 27.2 Å². The lowest BCUT2D eigenvalue weighted by molar-refractivity contribution is -0.145. The van der Waals surface area contributed by atoms with Crippen molar-refractivity contribution in [1.82, 2.24) is 5.32 Å². The molecular formula is C12H21Cl2NO4. The monoisotopic (exact) mass is 313 g/mol. The third-order valence-corrected chi connectivity index (χ3v) is 2.42. The Kier molecular flexibility index (Phi) is 8.18. The molecule has 0 aromatic rings. The Morgan fingerprint density at radius 2 is 1.84 bits per heavy atom. The zero-order chi connectivity index (χ0) is 15.1. The largest absolute Gasteiger partial charge is 0.464 e. The fourth-order valence-corrected chi connectivity index (χ4v) is 1.40. The van der Waals surface area contributed by atoms with E-state index in [1.54, 1.807) is 20.8 Å². The van der Waals surface area contributed by atoms with Gasteiger partial charge >= 0.3 is 12.1 Å². The summed E-state index contributed by atoms with van der Waals surface area (Å²) in [5, 5.41) is 2.30. The highest BCUT2D eigenvalue weighted by Crippen LogP contribution is 2.12. The van der Waals surface area contributed by atoms with Crippen molar-refractivity contribution in [2.75, 3.05) is 6.61 Å². The number of carbonyl (C=O) groups excluding carboxylic acids is 2. The van der Waals surface area contributed by atoms with Crippen molar-refractivity contribution in [2.45, 2.75) is 57.0 Å². The van der Waals surface area contributed by atoms with Crippen LogP contribution in [0.2, 0.25) is 0 Å². The zero-order valence-corrected chi connectivity index (χ0v) is 13.2. The topological polar surface area (TPSA) is 64.6 Å². The molecule has 0 spiro atoms. The van der Waals surface area contributed by atoms with Crippen LogP contribution < -0.4 is 5.32 Å². The van der Waals surface area contributed by atoms with Gasteiger partial charge in [-0.2, -0.15) is 0 Å². The molecule has 0 radical (unpaired) electrons. The second-order valence-electron chi connectivity index (χ2n) is 4.98. The Labute approximate surface area is 123 Å². The van der Waals surface area contributed by atoms with Crippen LogP contribution in [0.5, 0.6) is 0 Å². The van der Waals surface area contributed by atoms with Crippen molar-refractivity contribution in [2.24, 2.45) is 0 Å². The zero-order valence-electron chi connectivity index (χ0n) is 11.7. The van der Waals surface area contributed by atoms with Gasteiger partial charge in [0.15, 0.2) is 6.04 Å². The standard InChI is InChI=1S/C12H21Cl2NO4/c1-5-6-7-18-10(16)8(9(13)14)15-11(17)19-12(2,3)4/h8-9H,5-7H2,1-4H3,(H,15,17). The first-order valence-corrected chi connectivity index (χ1v) is 6.99. The van der Waals surface area contributed by atoms with Crippen LogP contribution in [0.15, 0.2) is 0 Å². The summed E-state index contributed by atoms with van der Waals surface area (Å²) < 4.78 is 9.98. The Balaban J connectivity index is 4.40. The number of ether oxygens (including phenoxy) is 2. The minimum Gasteiger partial charge on any atom is -0.464 e. The van der Waals surface area contributed by atoms with Crippen LogP contribution in [0.1, 0.15) is 40.5 Å². The molecule has 0 heterocycles. The molecule has 0 aromatic carbocycles. The van der Waals surface area contributed by atoms with Gasteiger partial charge in [0.2, 0.25) is 0 Å². The normalized spacial score (nSPS) is 13.0. The highest BCUT2D eigenvalue weighted by Gasteiger charge is 2.30. The number of carbonyl (C=O) groups is 2. The van der Waals surface area contributed by atoms with Crippen LogP contribution in [-0.4, -0.2) is 35.1 Å².